The van der Waals surface area contributed by atoms with E-state index in [0.717, 1.165) is 55.7 Å². The average molecular weight is 769 g/mol. The highest BCUT2D eigenvalue weighted by molar-refractivity contribution is 6.12. The summed E-state index contributed by atoms with van der Waals surface area (Å²) in [6.07, 6.45) is 0. The van der Waals surface area contributed by atoms with Gasteiger partial charge in [0.15, 0.2) is 11.6 Å². The predicted molar refractivity (Wildman–Crippen MR) is 246 cm³/mol. The monoisotopic (exact) mass is 768 g/mol. The quantitative estimate of drug-likeness (QED) is 0.145. The molecule has 11 rings (SSSR count). The van der Waals surface area contributed by atoms with Crippen LogP contribution in [0.4, 0.5) is 0 Å². The summed E-state index contributed by atoms with van der Waals surface area (Å²) in [7, 11) is 0. The van der Waals surface area contributed by atoms with Crippen LogP contribution in [-0.2, 0) is 0 Å². The Kier molecular flexibility index (Phi) is 8.42. The Hall–Kier alpha value is -8.08. The molecule has 2 heterocycles. The summed E-state index contributed by atoms with van der Waals surface area (Å²) < 4.78 is 4.51. The van der Waals surface area contributed by atoms with Gasteiger partial charge in [0.05, 0.1) is 22.1 Å². The number of ketones is 2. The molecular formula is C56H36N2O2. The number of carbonyl (C=O) groups excluding carboxylic acids is 2. The molecule has 0 aliphatic rings. The SMILES string of the molecule is O=C(c1ccc(-c2ccc(-c3ccc(C(=O)c4ccc(-n5c6ccccc6c6ccccc65)cc4)cc3)cc2)cc1)c1ccc(-n2c3ccccc3c3ccccc32)cc1. The number of carbonyl (C=O) groups is 2. The molecule has 282 valence electrons. The molecule has 0 saturated carbocycles. The van der Waals surface area contributed by atoms with Crippen LogP contribution in [0.3, 0.4) is 0 Å². The van der Waals surface area contributed by atoms with Crippen LogP contribution in [0.2, 0.25) is 0 Å². The fourth-order valence-corrected chi connectivity index (χ4v) is 8.74. The zero-order valence-corrected chi connectivity index (χ0v) is 32.5. The van der Waals surface area contributed by atoms with Crippen molar-refractivity contribution >= 4 is 55.2 Å². The van der Waals surface area contributed by atoms with Gasteiger partial charge in [-0.25, -0.2) is 0 Å². The van der Waals surface area contributed by atoms with Gasteiger partial charge in [-0.05, 0) is 95.1 Å². The lowest BCUT2D eigenvalue weighted by atomic mass is 9.96. The number of rotatable bonds is 8. The Morgan fingerprint density at radius 2 is 0.467 bits per heavy atom. The number of hydrogen-bond donors (Lipinski definition) is 0. The van der Waals surface area contributed by atoms with Crippen molar-refractivity contribution in [2.45, 2.75) is 0 Å². The molecular weight excluding hydrogens is 733 g/mol. The third-order valence-electron chi connectivity index (χ3n) is 11.8. The summed E-state index contributed by atoms with van der Waals surface area (Å²) in [5.74, 6) is -0.0204. The number of aromatic nitrogens is 2. The minimum Gasteiger partial charge on any atom is -0.309 e. The Labute approximate surface area is 346 Å². The van der Waals surface area contributed by atoms with Crippen molar-refractivity contribution in [2.24, 2.45) is 0 Å². The lowest BCUT2D eigenvalue weighted by molar-refractivity contribution is 0.103. The number of nitrogens with zero attached hydrogens (tertiary/aromatic N) is 2. The number of para-hydroxylation sites is 4. The van der Waals surface area contributed by atoms with Gasteiger partial charge in [0.1, 0.15) is 0 Å². The van der Waals surface area contributed by atoms with E-state index in [0.29, 0.717) is 22.3 Å². The average Bonchev–Trinajstić information content (AvgIpc) is 3.85. The van der Waals surface area contributed by atoms with Crippen LogP contribution in [0.25, 0.3) is 77.2 Å². The predicted octanol–water partition coefficient (Wildman–Crippen LogP) is 13.7. The van der Waals surface area contributed by atoms with Crippen LogP contribution >= 0.6 is 0 Å². The topological polar surface area (TPSA) is 44.0 Å². The first-order valence-electron chi connectivity index (χ1n) is 20.2. The molecule has 0 spiro atoms. The molecule has 0 atom stereocenters. The van der Waals surface area contributed by atoms with Gasteiger partial charge >= 0.3 is 0 Å². The van der Waals surface area contributed by atoms with Crippen LogP contribution in [0.15, 0.2) is 218 Å². The van der Waals surface area contributed by atoms with Crippen molar-refractivity contribution in [3.8, 4) is 33.6 Å². The summed E-state index contributed by atoms with van der Waals surface area (Å²) in [4.78, 5) is 27.1. The highest BCUT2D eigenvalue weighted by atomic mass is 16.1. The van der Waals surface area contributed by atoms with Crippen LogP contribution in [0, 0.1) is 0 Å². The number of fused-ring (bicyclic) bond motifs is 6. The van der Waals surface area contributed by atoms with E-state index >= 15 is 0 Å². The van der Waals surface area contributed by atoms with Crippen LogP contribution in [-0.4, -0.2) is 20.7 Å². The molecule has 60 heavy (non-hydrogen) atoms. The van der Waals surface area contributed by atoms with Crippen molar-refractivity contribution < 1.29 is 9.59 Å². The first-order valence-corrected chi connectivity index (χ1v) is 20.2. The molecule has 0 aliphatic heterocycles. The molecule has 4 nitrogen and oxygen atoms in total. The second-order valence-corrected chi connectivity index (χ2v) is 15.2. The first kappa shape index (κ1) is 35.1. The van der Waals surface area contributed by atoms with E-state index in [-0.39, 0.29) is 11.6 Å². The molecule has 0 radical (unpaired) electrons. The summed E-state index contributed by atoms with van der Waals surface area (Å²) in [5.41, 5.74) is 13.4. The van der Waals surface area contributed by atoms with E-state index in [4.69, 9.17) is 0 Å². The summed E-state index contributed by atoms with van der Waals surface area (Å²) in [6, 6.07) is 73.5. The molecule has 0 amide bonds. The fraction of sp³-hybridized carbons (Fsp3) is 0. The molecule has 4 heteroatoms. The van der Waals surface area contributed by atoms with Gasteiger partial charge in [-0.2, -0.15) is 0 Å². The molecule has 11 aromatic rings. The molecule has 9 aromatic carbocycles. The minimum absolute atomic E-state index is 0.0102. The molecule has 0 unspecified atom stereocenters. The van der Waals surface area contributed by atoms with E-state index < -0.39 is 0 Å². The molecule has 0 aliphatic carbocycles. The van der Waals surface area contributed by atoms with Crippen molar-refractivity contribution in [1.29, 1.82) is 0 Å². The maximum absolute atomic E-state index is 13.6. The van der Waals surface area contributed by atoms with Crippen molar-refractivity contribution in [1.82, 2.24) is 9.13 Å². The fourth-order valence-electron chi connectivity index (χ4n) is 8.74. The maximum atomic E-state index is 13.6. The summed E-state index contributed by atoms with van der Waals surface area (Å²) in [5, 5.41) is 4.84. The summed E-state index contributed by atoms with van der Waals surface area (Å²) >= 11 is 0. The zero-order valence-electron chi connectivity index (χ0n) is 32.5. The molecule has 2 aromatic heterocycles. The molecule has 0 saturated heterocycles. The highest BCUT2D eigenvalue weighted by Gasteiger charge is 2.16. The Morgan fingerprint density at radius 1 is 0.250 bits per heavy atom. The van der Waals surface area contributed by atoms with Crippen LogP contribution in [0.5, 0.6) is 0 Å². The lowest BCUT2D eigenvalue weighted by Crippen LogP contribution is -2.02. The van der Waals surface area contributed by atoms with Crippen LogP contribution < -0.4 is 0 Å². The van der Waals surface area contributed by atoms with E-state index in [2.05, 4.69) is 130 Å². The second-order valence-electron chi connectivity index (χ2n) is 15.2. The zero-order chi connectivity index (χ0) is 40.2. The minimum atomic E-state index is -0.0102. The van der Waals surface area contributed by atoms with Crippen LogP contribution in [0.1, 0.15) is 31.8 Å². The summed E-state index contributed by atoms with van der Waals surface area (Å²) in [6.45, 7) is 0. The normalized spacial score (nSPS) is 11.5. The van der Waals surface area contributed by atoms with E-state index in [1.807, 2.05) is 97.1 Å². The van der Waals surface area contributed by atoms with E-state index in [1.54, 1.807) is 0 Å². The van der Waals surface area contributed by atoms with Crippen molar-refractivity contribution in [3.63, 3.8) is 0 Å². The number of benzene rings is 9. The Morgan fingerprint density at radius 3 is 0.733 bits per heavy atom. The lowest BCUT2D eigenvalue weighted by Gasteiger charge is -2.10. The molecule has 0 N–H and O–H groups in total. The highest BCUT2D eigenvalue weighted by Crippen LogP contribution is 2.34. The Bertz CT molecular complexity index is 3070. The Balaban J connectivity index is 0.769. The molecule has 0 bridgehead atoms. The first-order chi connectivity index (χ1) is 29.6. The third kappa shape index (κ3) is 5.93. The van der Waals surface area contributed by atoms with E-state index in [1.165, 1.54) is 21.5 Å². The second kappa shape index (κ2) is 14.4. The van der Waals surface area contributed by atoms with Crippen molar-refractivity contribution in [3.05, 3.63) is 241 Å². The van der Waals surface area contributed by atoms with Gasteiger partial charge in [-0.3, -0.25) is 9.59 Å². The smallest absolute Gasteiger partial charge is 0.193 e. The van der Waals surface area contributed by atoms with Gasteiger partial charge in [-0.1, -0.05) is 146 Å². The van der Waals surface area contributed by atoms with Gasteiger partial charge in [-0.15, -0.1) is 0 Å². The largest absolute Gasteiger partial charge is 0.309 e. The van der Waals surface area contributed by atoms with Gasteiger partial charge in [0, 0.05) is 55.2 Å². The number of hydrogen-bond acceptors (Lipinski definition) is 2. The van der Waals surface area contributed by atoms with Gasteiger partial charge < -0.3 is 9.13 Å². The third-order valence-corrected chi connectivity index (χ3v) is 11.8. The maximum Gasteiger partial charge on any atom is 0.193 e. The van der Waals surface area contributed by atoms with Crippen molar-refractivity contribution in [2.75, 3.05) is 0 Å². The standard InChI is InChI=1S/C56H36N2O2/c59-55(43-29-33-45(34-30-43)57-51-13-5-1-9-47(51)48-10-2-6-14-52(48)57)41-25-21-39(22-26-41)37-17-19-38(20-18-37)40-23-27-42(28-24-40)56(60)44-31-35-46(36-32-44)58-53-15-7-3-11-49(53)50-12-4-8-16-54(50)58/h1-36H. The van der Waals surface area contributed by atoms with E-state index in [9.17, 15) is 9.59 Å². The van der Waals surface area contributed by atoms with Gasteiger partial charge in [0.2, 0.25) is 0 Å². The van der Waals surface area contributed by atoms with Gasteiger partial charge in [0.25, 0.3) is 0 Å². The molecule has 0 fully saturated rings.